The highest BCUT2D eigenvalue weighted by Gasteiger charge is 2.37. The Morgan fingerprint density at radius 1 is 0.868 bits per heavy atom. The van der Waals surface area contributed by atoms with E-state index in [1.54, 1.807) is 109 Å². The van der Waals surface area contributed by atoms with E-state index in [-0.39, 0.29) is 17.3 Å². The number of esters is 1. The number of benzene rings is 4. The Labute approximate surface area is 225 Å². The average Bonchev–Trinajstić information content (AvgIpc) is 2.93. The monoisotopic (exact) mass is 528 g/mol. The number of aliphatic hydroxyl groups is 1. The molecule has 2 N–H and O–H groups in total. The molecular weight excluding hydrogens is 504 g/mol. The van der Waals surface area contributed by atoms with Gasteiger partial charge in [-0.1, -0.05) is 54.1 Å². The van der Waals surface area contributed by atoms with Crippen molar-refractivity contribution >= 4 is 35.5 Å². The molecule has 4 aromatic rings. The molecule has 0 saturated heterocycles. The summed E-state index contributed by atoms with van der Waals surface area (Å²) in [6.07, 6.45) is 3.52. The predicted molar refractivity (Wildman–Crippen MR) is 147 cm³/mol. The number of para-hydroxylation sites is 1. The van der Waals surface area contributed by atoms with Crippen molar-refractivity contribution in [2.24, 2.45) is 0 Å². The highest BCUT2D eigenvalue weighted by Crippen LogP contribution is 2.27. The fraction of sp³-hybridized carbons (Fsp3) is 0.0968. The topological polar surface area (TPSA) is 93.1 Å². The molecule has 0 amide bonds. The van der Waals surface area contributed by atoms with Crippen molar-refractivity contribution < 1.29 is 29.3 Å². The van der Waals surface area contributed by atoms with E-state index in [2.05, 4.69) is 0 Å². The van der Waals surface area contributed by atoms with Crippen molar-refractivity contribution in [3.8, 4) is 17.2 Å². The summed E-state index contributed by atoms with van der Waals surface area (Å²) in [7, 11) is 0. The summed E-state index contributed by atoms with van der Waals surface area (Å²) in [5.41, 5.74) is 0.467. The first-order chi connectivity index (χ1) is 18.3. The Kier molecular flexibility index (Phi) is 8.26. The van der Waals surface area contributed by atoms with Crippen LogP contribution in [0.5, 0.6) is 17.2 Å². The predicted octanol–water partition coefficient (Wildman–Crippen LogP) is 6.18. The van der Waals surface area contributed by atoms with Gasteiger partial charge in [0.2, 0.25) is 5.60 Å². The first-order valence-corrected chi connectivity index (χ1v) is 12.1. The number of phenols is 1. The molecule has 6 nitrogen and oxygen atoms in total. The highest BCUT2D eigenvalue weighted by atomic mass is 35.5. The maximum absolute atomic E-state index is 13.3. The third kappa shape index (κ3) is 6.48. The third-order valence-corrected chi connectivity index (χ3v) is 6.00. The van der Waals surface area contributed by atoms with E-state index in [9.17, 15) is 19.8 Å². The summed E-state index contributed by atoms with van der Waals surface area (Å²) in [6.45, 7) is 0.791. The molecule has 0 bridgehead atoms. The van der Waals surface area contributed by atoms with E-state index < -0.39 is 18.2 Å². The van der Waals surface area contributed by atoms with Gasteiger partial charge in [-0.25, -0.2) is 4.79 Å². The molecule has 1 atom stereocenters. The van der Waals surface area contributed by atoms with Gasteiger partial charge >= 0.3 is 5.97 Å². The molecule has 192 valence electrons. The Hall–Kier alpha value is -4.39. The molecular formula is C31H25ClO6. The Morgan fingerprint density at radius 2 is 1.55 bits per heavy atom. The van der Waals surface area contributed by atoms with Gasteiger partial charge in [0.1, 0.15) is 17.2 Å². The van der Waals surface area contributed by atoms with Crippen molar-refractivity contribution in [1.82, 2.24) is 0 Å². The summed E-state index contributed by atoms with van der Waals surface area (Å²) in [5.74, 6) is -0.283. The van der Waals surface area contributed by atoms with E-state index in [0.717, 1.165) is 5.56 Å². The maximum Gasteiger partial charge on any atom is 0.358 e. The largest absolute Gasteiger partial charge is 0.508 e. The lowest BCUT2D eigenvalue weighted by Crippen LogP contribution is -2.47. The SMILES string of the molecule is CC(CO)(Oc1ccc(C(=O)c2ccc(Cl)cc2)c(C=Cc2ccc(O)cc2)c1)C(=O)Oc1ccccc1. The first kappa shape index (κ1) is 26.7. The van der Waals surface area contributed by atoms with Crippen LogP contribution in [0.15, 0.2) is 97.1 Å². The number of carbonyl (C=O) groups is 2. The van der Waals surface area contributed by atoms with Gasteiger partial charge in [0.05, 0.1) is 6.61 Å². The maximum atomic E-state index is 13.3. The molecule has 0 aliphatic carbocycles. The summed E-state index contributed by atoms with van der Waals surface area (Å²) >= 11 is 5.98. The van der Waals surface area contributed by atoms with Crippen LogP contribution in [-0.2, 0) is 4.79 Å². The van der Waals surface area contributed by atoms with Crippen LogP contribution >= 0.6 is 11.6 Å². The van der Waals surface area contributed by atoms with Gasteiger partial charge in [-0.15, -0.1) is 0 Å². The number of ether oxygens (including phenoxy) is 2. The second kappa shape index (κ2) is 11.8. The van der Waals surface area contributed by atoms with Gasteiger partial charge in [-0.2, -0.15) is 0 Å². The van der Waals surface area contributed by atoms with Crippen LogP contribution in [0.2, 0.25) is 5.02 Å². The number of phenolic OH excluding ortho intramolecular Hbond substituents is 1. The van der Waals surface area contributed by atoms with Crippen molar-refractivity contribution in [3.05, 3.63) is 124 Å². The lowest BCUT2D eigenvalue weighted by atomic mass is 9.97. The Balaban J connectivity index is 1.67. The zero-order chi connectivity index (χ0) is 27.1. The fourth-order valence-electron chi connectivity index (χ4n) is 3.58. The van der Waals surface area contributed by atoms with E-state index in [1.807, 2.05) is 0 Å². The second-order valence-corrected chi connectivity index (χ2v) is 9.14. The zero-order valence-corrected chi connectivity index (χ0v) is 21.3. The average molecular weight is 529 g/mol. The van der Waals surface area contributed by atoms with Gasteiger partial charge in [0.25, 0.3) is 0 Å². The standard InChI is InChI=1S/C31H25ClO6/c1-31(20-33,30(36)37-26-5-3-2-4-6-26)38-27-17-18-28(29(35)22-11-13-24(32)14-12-22)23(19-27)10-7-21-8-15-25(34)16-9-21/h2-19,33-34H,20H2,1H3. The minimum Gasteiger partial charge on any atom is -0.508 e. The van der Waals surface area contributed by atoms with Crippen LogP contribution in [0.3, 0.4) is 0 Å². The minimum atomic E-state index is -1.70. The quantitative estimate of drug-likeness (QED) is 0.117. The number of carbonyl (C=O) groups excluding carboxylic acids is 2. The number of rotatable bonds is 9. The molecule has 0 fully saturated rings. The normalized spacial score (nSPS) is 12.6. The molecule has 1 unspecified atom stereocenters. The third-order valence-electron chi connectivity index (χ3n) is 5.75. The number of hydrogen-bond donors (Lipinski definition) is 2. The molecule has 0 aliphatic heterocycles. The molecule has 0 saturated carbocycles. The lowest BCUT2D eigenvalue weighted by Gasteiger charge is -2.26. The Morgan fingerprint density at radius 3 is 2.21 bits per heavy atom. The van der Waals surface area contributed by atoms with E-state index in [1.165, 1.54) is 6.92 Å². The fourth-order valence-corrected chi connectivity index (χ4v) is 3.71. The number of aromatic hydroxyl groups is 1. The summed E-state index contributed by atoms with van der Waals surface area (Å²) in [4.78, 5) is 26.2. The van der Waals surface area contributed by atoms with Crippen LogP contribution in [-0.4, -0.2) is 34.2 Å². The summed E-state index contributed by atoms with van der Waals surface area (Å²) in [5, 5.41) is 20.1. The molecule has 0 spiro atoms. The Bertz CT molecular complexity index is 1450. The minimum absolute atomic E-state index is 0.141. The van der Waals surface area contributed by atoms with Crippen LogP contribution in [0.25, 0.3) is 12.2 Å². The molecule has 4 rings (SSSR count). The molecule has 0 radical (unpaired) electrons. The molecule has 4 aromatic carbocycles. The molecule has 0 aliphatic rings. The second-order valence-electron chi connectivity index (χ2n) is 8.70. The molecule has 0 aromatic heterocycles. The van der Waals surface area contributed by atoms with Crippen LogP contribution < -0.4 is 9.47 Å². The first-order valence-electron chi connectivity index (χ1n) is 11.8. The molecule has 7 heteroatoms. The van der Waals surface area contributed by atoms with Crippen molar-refractivity contribution in [2.75, 3.05) is 6.61 Å². The number of aliphatic hydroxyl groups excluding tert-OH is 1. The lowest BCUT2D eigenvalue weighted by molar-refractivity contribution is -0.154. The van der Waals surface area contributed by atoms with Crippen LogP contribution in [0, 0.1) is 0 Å². The summed E-state index contributed by atoms with van der Waals surface area (Å²) in [6, 6.07) is 26.4. The summed E-state index contributed by atoms with van der Waals surface area (Å²) < 4.78 is 11.3. The van der Waals surface area contributed by atoms with Crippen LogP contribution in [0.1, 0.15) is 34.0 Å². The van der Waals surface area contributed by atoms with Gasteiger partial charge in [-0.05, 0) is 84.8 Å². The molecule has 38 heavy (non-hydrogen) atoms. The van der Waals surface area contributed by atoms with Crippen molar-refractivity contribution in [1.29, 1.82) is 0 Å². The van der Waals surface area contributed by atoms with E-state index in [0.29, 0.717) is 27.5 Å². The van der Waals surface area contributed by atoms with Gasteiger partial charge in [0.15, 0.2) is 5.78 Å². The zero-order valence-electron chi connectivity index (χ0n) is 20.5. The van der Waals surface area contributed by atoms with Gasteiger partial charge in [0, 0.05) is 16.1 Å². The van der Waals surface area contributed by atoms with Crippen LogP contribution in [0.4, 0.5) is 0 Å². The number of ketones is 1. The van der Waals surface area contributed by atoms with Gasteiger partial charge < -0.3 is 19.7 Å². The van der Waals surface area contributed by atoms with E-state index >= 15 is 0 Å². The van der Waals surface area contributed by atoms with Gasteiger partial charge in [-0.3, -0.25) is 4.79 Å². The smallest absolute Gasteiger partial charge is 0.358 e. The highest BCUT2D eigenvalue weighted by molar-refractivity contribution is 6.30. The number of halogens is 1. The molecule has 0 heterocycles. The van der Waals surface area contributed by atoms with Crippen molar-refractivity contribution in [3.63, 3.8) is 0 Å². The number of hydrogen-bond acceptors (Lipinski definition) is 6. The van der Waals surface area contributed by atoms with Crippen molar-refractivity contribution in [2.45, 2.75) is 12.5 Å². The van der Waals surface area contributed by atoms with E-state index in [4.69, 9.17) is 21.1 Å².